The van der Waals surface area contributed by atoms with Gasteiger partial charge in [-0.3, -0.25) is 9.59 Å². The Hall–Kier alpha value is -1.29. The molecular formula is C15H20O3S. The Labute approximate surface area is 118 Å². The third kappa shape index (κ3) is 4.10. The summed E-state index contributed by atoms with van der Waals surface area (Å²) >= 11 is 1.62. The minimum absolute atomic E-state index is 0.0771. The third-order valence-electron chi connectivity index (χ3n) is 2.86. The fraction of sp³-hybridized carbons (Fsp3) is 0.467. The lowest BCUT2D eigenvalue weighted by molar-refractivity contribution is -0.147. The summed E-state index contributed by atoms with van der Waals surface area (Å²) in [5, 5.41) is 0. The van der Waals surface area contributed by atoms with Crippen molar-refractivity contribution in [3.05, 3.63) is 29.8 Å². The summed E-state index contributed by atoms with van der Waals surface area (Å²) in [6.07, 6.45) is 1.98. The molecule has 0 N–H and O–H groups in total. The molecule has 1 atom stereocenters. The van der Waals surface area contributed by atoms with Crippen molar-refractivity contribution >= 4 is 23.5 Å². The molecule has 0 aliphatic heterocycles. The molecule has 4 heteroatoms. The normalized spacial score (nSPS) is 12.3. The Morgan fingerprint density at radius 3 is 2.21 bits per heavy atom. The number of rotatable bonds is 6. The zero-order chi connectivity index (χ0) is 14.4. The molecule has 19 heavy (non-hydrogen) atoms. The van der Waals surface area contributed by atoms with Gasteiger partial charge in [0.25, 0.3) is 0 Å². The number of benzene rings is 1. The third-order valence-corrected chi connectivity index (χ3v) is 3.61. The van der Waals surface area contributed by atoms with Gasteiger partial charge in [-0.25, -0.2) is 0 Å². The molecule has 0 saturated heterocycles. The van der Waals surface area contributed by atoms with Crippen LogP contribution in [0.5, 0.6) is 0 Å². The smallest absolute Gasteiger partial charge is 0.317 e. The second kappa shape index (κ2) is 7.34. The predicted octanol–water partition coefficient (Wildman–Crippen LogP) is 3.43. The van der Waals surface area contributed by atoms with E-state index in [0.717, 1.165) is 4.90 Å². The van der Waals surface area contributed by atoms with Gasteiger partial charge in [-0.2, -0.15) is 0 Å². The fourth-order valence-electron chi connectivity index (χ4n) is 1.85. The molecule has 0 aliphatic carbocycles. The number of esters is 1. The molecular weight excluding hydrogens is 260 g/mol. The van der Waals surface area contributed by atoms with Crippen LogP contribution >= 0.6 is 11.8 Å². The van der Waals surface area contributed by atoms with Crippen molar-refractivity contribution in [2.45, 2.75) is 25.7 Å². The quantitative estimate of drug-likeness (QED) is 0.346. The van der Waals surface area contributed by atoms with E-state index in [1.54, 1.807) is 30.8 Å². The molecule has 0 spiro atoms. The standard InChI is InChI=1S/C15H20O3S/c1-5-18-15(17)13(10(2)3)14(16)11-6-8-12(19-4)9-7-11/h6-10,13H,5H2,1-4H3. The van der Waals surface area contributed by atoms with Crippen LogP contribution in [0.3, 0.4) is 0 Å². The average Bonchev–Trinajstić information content (AvgIpc) is 2.38. The van der Waals surface area contributed by atoms with Gasteiger partial charge in [0.05, 0.1) is 6.61 Å². The van der Waals surface area contributed by atoms with E-state index in [-0.39, 0.29) is 11.7 Å². The van der Waals surface area contributed by atoms with Crippen LogP contribution in [0.1, 0.15) is 31.1 Å². The van der Waals surface area contributed by atoms with Gasteiger partial charge in [-0.1, -0.05) is 26.0 Å². The lowest BCUT2D eigenvalue weighted by Gasteiger charge is -2.18. The highest BCUT2D eigenvalue weighted by Gasteiger charge is 2.31. The maximum absolute atomic E-state index is 12.4. The highest BCUT2D eigenvalue weighted by Crippen LogP contribution is 2.21. The van der Waals surface area contributed by atoms with E-state index in [2.05, 4.69) is 0 Å². The number of thioether (sulfide) groups is 1. The first-order valence-electron chi connectivity index (χ1n) is 6.36. The Morgan fingerprint density at radius 2 is 1.79 bits per heavy atom. The van der Waals surface area contributed by atoms with E-state index in [1.807, 2.05) is 32.2 Å². The van der Waals surface area contributed by atoms with E-state index in [4.69, 9.17) is 4.74 Å². The number of ketones is 1. The van der Waals surface area contributed by atoms with Crippen molar-refractivity contribution < 1.29 is 14.3 Å². The maximum Gasteiger partial charge on any atom is 0.317 e. The molecule has 1 aromatic carbocycles. The number of hydrogen-bond acceptors (Lipinski definition) is 4. The van der Waals surface area contributed by atoms with Gasteiger partial charge in [-0.05, 0) is 31.2 Å². The molecule has 1 unspecified atom stereocenters. The molecule has 0 radical (unpaired) electrons. The van der Waals surface area contributed by atoms with E-state index < -0.39 is 11.9 Å². The molecule has 0 heterocycles. The zero-order valence-corrected chi connectivity index (χ0v) is 12.6. The first-order chi connectivity index (χ1) is 9.01. The van der Waals surface area contributed by atoms with E-state index in [0.29, 0.717) is 12.2 Å². The Balaban J connectivity index is 2.95. The summed E-state index contributed by atoms with van der Waals surface area (Å²) in [5.74, 6) is -1.40. The van der Waals surface area contributed by atoms with Crippen LogP contribution in [-0.4, -0.2) is 24.6 Å². The topological polar surface area (TPSA) is 43.4 Å². The zero-order valence-electron chi connectivity index (χ0n) is 11.8. The second-order valence-electron chi connectivity index (χ2n) is 4.57. The molecule has 3 nitrogen and oxygen atoms in total. The number of ether oxygens (including phenoxy) is 1. The van der Waals surface area contributed by atoms with Crippen molar-refractivity contribution in [1.82, 2.24) is 0 Å². The van der Waals surface area contributed by atoms with Crippen LogP contribution in [-0.2, 0) is 9.53 Å². The van der Waals surface area contributed by atoms with E-state index >= 15 is 0 Å². The van der Waals surface area contributed by atoms with Crippen LogP contribution < -0.4 is 0 Å². The van der Waals surface area contributed by atoms with Gasteiger partial charge in [0.15, 0.2) is 5.78 Å². The number of carbonyl (C=O) groups excluding carboxylic acids is 2. The Bertz CT molecular complexity index is 437. The minimum Gasteiger partial charge on any atom is -0.465 e. The van der Waals surface area contributed by atoms with Crippen molar-refractivity contribution in [3.63, 3.8) is 0 Å². The highest BCUT2D eigenvalue weighted by atomic mass is 32.2. The summed E-state index contributed by atoms with van der Waals surface area (Å²) in [6.45, 7) is 5.75. The van der Waals surface area contributed by atoms with Gasteiger partial charge >= 0.3 is 5.97 Å². The second-order valence-corrected chi connectivity index (χ2v) is 5.45. The van der Waals surface area contributed by atoms with Crippen molar-refractivity contribution in [3.8, 4) is 0 Å². The van der Waals surface area contributed by atoms with Crippen LogP contribution in [0.15, 0.2) is 29.2 Å². The maximum atomic E-state index is 12.4. The predicted molar refractivity (Wildman–Crippen MR) is 77.5 cm³/mol. The molecule has 0 saturated carbocycles. The molecule has 1 rings (SSSR count). The Kier molecular flexibility index (Phi) is 6.09. The number of Topliss-reactive ketones (excluding diaryl/α,β-unsaturated/α-hetero) is 1. The largest absolute Gasteiger partial charge is 0.465 e. The SMILES string of the molecule is CCOC(=O)C(C(=O)c1ccc(SC)cc1)C(C)C. The first kappa shape index (κ1) is 15.8. The fourth-order valence-corrected chi connectivity index (χ4v) is 2.26. The van der Waals surface area contributed by atoms with Gasteiger partial charge in [0, 0.05) is 10.5 Å². The highest BCUT2D eigenvalue weighted by molar-refractivity contribution is 7.98. The molecule has 1 aromatic rings. The van der Waals surface area contributed by atoms with E-state index in [9.17, 15) is 9.59 Å². The summed E-state index contributed by atoms with van der Waals surface area (Å²) in [4.78, 5) is 25.4. The minimum atomic E-state index is -0.722. The van der Waals surface area contributed by atoms with Crippen LogP contribution in [0.2, 0.25) is 0 Å². The van der Waals surface area contributed by atoms with Crippen LogP contribution in [0, 0.1) is 11.8 Å². The van der Waals surface area contributed by atoms with Crippen molar-refractivity contribution in [2.24, 2.45) is 11.8 Å². The van der Waals surface area contributed by atoms with Gasteiger partial charge in [0.1, 0.15) is 5.92 Å². The van der Waals surface area contributed by atoms with Crippen molar-refractivity contribution in [2.75, 3.05) is 12.9 Å². The van der Waals surface area contributed by atoms with E-state index in [1.165, 1.54) is 0 Å². The van der Waals surface area contributed by atoms with Gasteiger partial charge in [-0.15, -0.1) is 11.8 Å². The summed E-state index contributed by atoms with van der Waals surface area (Å²) in [7, 11) is 0. The molecule has 0 aromatic heterocycles. The molecule has 0 aliphatic rings. The van der Waals surface area contributed by atoms with Crippen molar-refractivity contribution in [1.29, 1.82) is 0 Å². The lowest BCUT2D eigenvalue weighted by atomic mass is 9.88. The molecule has 0 amide bonds. The van der Waals surface area contributed by atoms with Gasteiger partial charge in [0.2, 0.25) is 0 Å². The molecule has 0 bridgehead atoms. The average molecular weight is 280 g/mol. The first-order valence-corrected chi connectivity index (χ1v) is 7.58. The number of carbonyl (C=O) groups is 2. The Morgan fingerprint density at radius 1 is 1.21 bits per heavy atom. The van der Waals surface area contributed by atoms with Crippen LogP contribution in [0.4, 0.5) is 0 Å². The lowest BCUT2D eigenvalue weighted by Crippen LogP contribution is -2.30. The monoisotopic (exact) mass is 280 g/mol. The summed E-state index contributed by atoms with van der Waals surface area (Å²) in [5.41, 5.74) is 0.560. The van der Waals surface area contributed by atoms with Crippen LogP contribution in [0.25, 0.3) is 0 Å². The number of hydrogen-bond donors (Lipinski definition) is 0. The summed E-state index contributed by atoms with van der Waals surface area (Å²) < 4.78 is 4.99. The summed E-state index contributed by atoms with van der Waals surface area (Å²) in [6, 6.07) is 7.31. The van der Waals surface area contributed by atoms with Gasteiger partial charge < -0.3 is 4.74 Å². The molecule has 104 valence electrons. The molecule has 0 fully saturated rings.